The molecule has 0 aliphatic carbocycles. The highest BCUT2D eigenvalue weighted by Gasteiger charge is 2.37. The van der Waals surface area contributed by atoms with Gasteiger partial charge in [-0.1, -0.05) is 18.2 Å². The molecule has 36 heavy (non-hydrogen) atoms. The van der Waals surface area contributed by atoms with Crippen molar-refractivity contribution >= 4 is 51.8 Å². The number of nitrogens with zero attached hydrogens (tertiary/aromatic N) is 2. The first-order valence-corrected chi connectivity index (χ1v) is 12.4. The summed E-state index contributed by atoms with van der Waals surface area (Å²) in [4.78, 5) is 41.3. The second-order valence-electron chi connectivity index (χ2n) is 9.13. The third-order valence-corrected chi connectivity index (χ3v) is 7.16. The van der Waals surface area contributed by atoms with Crippen molar-refractivity contribution in [2.24, 2.45) is 0 Å². The normalized spacial score (nSPS) is 17.8. The molecule has 0 spiro atoms. The number of rotatable bonds is 6. The van der Waals surface area contributed by atoms with Crippen molar-refractivity contribution in [3.8, 4) is 5.75 Å². The SMILES string of the molecule is CCN1c2cc(OC)c(/C=C3/SC(=O)N(CC(=O)Nc4ccccc4F)C3=O)cc2C(C)=CC1(C)C. The van der Waals surface area contributed by atoms with E-state index in [9.17, 15) is 18.8 Å². The van der Waals surface area contributed by atoms with Crippen LogP contribution >= 0.6 is 11.8 Å². The van der Waals surface area contributed by atoms with Gasteiger partial charge in [0, 0.05) is 29.4 Å². The number of amides is 3. The number of nitrogens with one attached hydrogen (secondary N) is 1. The fourth-order valence-electron chi connectivity index (χ4n) is 4.66. The van der Waals surface area contributed by atoms with Crippen molar-refractivity contribution in [3.05, 3.63) is 64.3 Å². The van der Waals surface area contributed by atoms with E-state index < -0.39 is 29.4 Å². The lowest BCUT2D eigenvalue weighted by Crippen LogP contribution is -2.44. The summed E-state index contributed by atoms with van der Waals surface area (Å²) in [6.07, 6.45) is 3.82. The molecule has 188 valence electrons. The van der Waals surface area contributed by atoms with Gasteiger partial charge >= 0.3 is 0 Å². The minimum atomic E-state index is -0.668. The molecule has 0 unspecified atom stereocenters. The molecule has 1 fully saturated rings. The maximum absolute atomic E-state index is 13.8. The standard InChI is InChI=1S/C27H28FN3O4S/c1-6-31-21-13-22(35-5)17(11-18(21)16(2)14-27(31,3)4)12-23-25(33)30(26(34)36-23)15-24(32)29-20-10-8-7-9-19(20)28/h7-14H,6,15H2,1-5H3,(H,29,32)/b23-12+. The van der Waals surface area contributed by atoms with Crippen molar-refractivity contribution in [2.45, 2.75) is 33.2 Å². The van der Waals surface area contributed by atoms with Gasteiger partial charge in [-0.2, -0.15) is 0 Å². The molecule has 9 heteroatoms. The average molecular weight is 510 g/mol. The predicted octanol–water partition coefficient (Wildman–Crippen LogP) is 5.53. The van der Waals surface area contributed by atoms with Crippen LogP contribution in [0.4, 0.5) is 20.6 Å². The second-order valence-corrected chi connectivity index (χ2v) is 10.1. The molecule has 1 saturated heterocycles. The highest BCUT2D eigenvalue weighted by molar-refractivity contribution is 8.18. The van der Waals surface area contributed by atoms with E-state index in [0.29, 0.717) is 11.3 Å². The number of para-hydroxylation sites is 1. The quantitative estimate of drug-likeness (QED) is 0.516. The Balaban J connectivity index is 1.61. The molecular weight excluding hydrogens is 481 g/mol. The Labute approximate surface area is 214 Å². The Hall–Kier alpha value is -3.59. The van der Waals surface area contributed by atoms with Gasteiger partial charge in [-0.3, -0.25) is 19.3 Å². The van der Waals surface area contributed by atoms with Crippen molar-refractivity contribution in [3.63, 3.8) is 0 Å². The summed E-state index contributed by atoms with van der Waals surface area (Å²) in [5.41, 5.74) is 3.64. The van der Waals surface area contributed by atoms with Crippen molar-refractivity contribution in [1.29, 1.82) is 0 Å². The molecule has 1 N–H and O–H groups in total. The third kappa shape index (κ3) is 4.75. The van der Waals surface area contributed by atoms with Gasteiger partial charge in [-0.05, 0) is 69.3 Å². The zero-order valence-electron chi connectivity index (χ0n) is 20.8. The number of carbonyl (C=O) groups is 3. The number of likely N-dealkylation sites (N-methyl/N-ethyl adjacent to an activating group) is 1. The number of anilines is 2. The van der Waals surface area contributed by atoms with Crippen LogP contribution in [-0.2, 0) is 9.59 Å². The molecule has 2 aromatic carbocycles. The molecule has 0 saturated carbocycles. The van der Waals surface area contributed by atoms with Gasteiger partial charge in [0.05, 0.1) is 23.2 Å². The van der Waals surface area contributed by atoms with Crippen molar-refractivity contribution in [2.75, 3.05) is 30.4 Å². The van der Waals surface area contributed by atoms with E-state index in [1.807, 2.05) is 19.1 Å². The third-order valence-electron chi connectivity index (χ3n) is 6.26. The lowest BCUT2D eigenvalue weighted by molar-refractivity contribution is -0.127. The smallest absolute Gasteiger partial charge is 0.294 e. The topological polar surface area (TPSA) is 79.0 Å². The number of ether oxygens (including phenoxy) is 1. The summed E-state index contributed by atoms with van der Waals surface area (Å²) in [6.45, 7) is 8.74. The zero-order valence-corrected chi connectivity index (χ0v) is 21.7. The lowest BCUT2D eigenvalue weighted by atomic mass is 9.87. The van der Waals surface area contributed by atoms with Crippen LogP contribution in [0, 0.1) is 5.82 Å². The van der Waals surface area contributed by atoms with Gasteiger partial charge in [0.25, 0.3) is 11.1 Å². The second kappa shape index (κ2) is 9.81. The Morgan fingerprint density at radius 2 is 1.94 bits per heavy atom. The monoisotopic (exact) mass is 509 g/mol. The summed E-state index contributed by atoms with van der Waals surface area (Å²) >= 11 is 0.754. The molecule has 0 radical (unpaired) electrons. The van der Waals surface area contributed by atoms with Crippen LogP contribution in [0.25, 0.3) is 11.6 Å². The summed E-state index contributed by atoms with van der Waals surface area (Å²) in [7, 11) is 1.56. The molecule has 2 heterocycles. The minimum absolute atomic E-state index is 0.0171. The van der Waals surface area contributed by atoms with Gasteiger partial charge in [0.15, 0.2) is 0 Å². The molecule has 2 aromatic rings. The van der Waals surface area contributed by atoms with Gasteiger partial charge in [-0.25, -0.2) is 4.39 Å². The highest BCUT2D eigenvalue weighted by Crippen LogP contribution is 2.43. The van der Waals surface area contributed by atoms with Crippen LogP contribution in [0.5, 0.6) is 5.75 Å². The summed E-state index contributed by atoms with van der Waals surface area (Å²) < 4.78 is 19.5. The molecule has 0 aromatic heterocycles. The number of imide groups is 1. The number of thioether (sulfide) groups is 1. The number of benzene rings is 2. The van der Waals surface area contributed by atoms with Crippen LogP contribution in [0.3, 0.4) is 0 Å². The lowest BCUT2D eigenvalue weighted by Gasteiger charge is -2.43. The van der Waals surface area contributed by atoms with Crippen molar-refractivity contribution < 1.29 is 23.5 Å². The molecule has 3 amide bonds. The minimum Gasteiger partial charge on any atom is -0.496 e. The molecular formula is C27H28FN3O4S. The number of hydrogen-bond acceptors (Lipinski definition) is 6. The number of carbonyl (C=O) groups excluding carboxylic acids is 3. The van der Waals surface area contributed by atoms with Crippen LogP contribution in [0.15, 0.2) is 47.4 Å². The summed E-state index contributed by atoms with van der Waals surface area (Å²) in [5.74, 6) is -1.29. The molecule has 2 aliphatic heterocycles. The number of halogens is 1. The van der Waals surface area contributed by atoms with Crippen LogP contribution in [-0.4, -0.2) is 47.7 Å². The number of fused-ring (bicyclic) bond motifs is 1. The average Bonchev–Trinajstić information content (AvgIpc) is 3.07. The molecule has 2 aliphatic rings. The van der Waals surface area contributed by atoms with Crippen molar-refractivity contribution in [1.82, 2.24) is 4.90 Å². The Morgan fingerprint density at radius 3 is 2.61 bits per heavy atom. The highest BCUT2D eigenvalue weighted by atomic mass is 32.2. The van der Waals surface area contributed by atoms with Crippen LogP contribution < -0.4 is 15.0 Å². The largest absolute Gasteiger partial charge is 0.496 e. The zero-order chi connectivity index (χ0) is 26.2. The molecule has 0 atom stereocenters. The summed E-state index contributed by atoms with van der Waals surface area (Å²) in [6, 6.07) is 9.60. The molecule has 0 bridgehead atoms. The Morgan fingerprint density at radius 1 is 1.22 bits per heavy atom. The maximum atomic E-state index is 13.8. The molecule has 4 rings (SSSR count). The maximum Gasteiger partial charge on any atom is 0.294 e. The van der Waals surface area contributed by atoms with Gasteiger partial charge < -0.3 is 15.0 Å². The van der Waals surface area contributed by atoms with E-state index in [2.05, 4.69) is 37.1 Å². The first kappa shape index (κ1) is 25.5. The summed E-state index contributed by atoms with van der Waals surface area (Å²) in [5, 5.41) is 1.83. The van der Waals surface area contributed by atoms with Crippen LogP contribution in [0.1, 0.15) is 38.8 Å². The van der Waals surface area contributed by atoms with E-state index in [1.165, 1.54) is 18.2 Å². The number of allylic oxidation sites excluding steroid dienone is 1. The first-order valence-electron chi connectivity index (χ1n) is 11.5. The van der Waals surface area contributed by atoms with Gasteiger partial charge in [-0.15, -0.1) is 0 Å². The van der Waals surface area contributed by atoms with E-state index in [4.69, 9.17) is 4.74 Å². The number of methoxy groups -OCH3 is 1. The molecule has 7 nitrogen and oxygen atoms in total. The number of hydrogen-bond donors (Lipinski definition) is 1. The van der Waals surface area contributed by atoms with E-state index >= 15 is 0 Å². The van der Waals surface area contributed by atoms with E-state index in [0.717, 1.165) is 40.0 Å². The van der Waals surface area contributed by atoms with E-state index in [1.54, 1.807) is 19.3 Å². The Bertz CT molecular complexity index is 1320. The Kier molecular flexibility index (Phi) is 6.95. The fraction of sp³-hybridized carbons (Fsp3) is 0.296. The predicted molar refractivity (Wildman–Crippen MR) is 141 cm³/mol. The van der Waals surface area contributed by atoms with Gasteiger partial charge in [0.1, 0.15) is 18.1 Å². The van der Waals surface area contributed by atoms with E-state index in [-0.39, 0.29) is 16.1 Å². The first-order chi connectivity index (χ1) is 17.1. The fourth-order valence-corrected chi connectivity index (χ4v) is 5.49. The van der Waals surface area contributed by atoms with Gasteiger partial charge in [0.2, 0.25) is 5.91 Å². The van der Waals surface area contributed by atoms with Crippen LogP contribution in [0.2, 0.25) is 0 Å².